The van der Waals surface area contributed by atoms with Crippen LogP contribution < -0.4 is 29.6 Å². The average Bonchev–Trinajstić information content (AvgIpc) is 3.29. The van der Waals surface area contributed by atoms with E-state index in [1.165, 1.54) is 0 Å². The van der Waals surface area contributed by atoms with Crippen molar-refractivity contribution < 1.29 is 18.9 Å². The lowest BCUT2D eigenvalue weighted by molar-refractivity contribution is 0.173. The molecule has 0 radical (unpaired) electrons. The summed E-state index contributed by atoms with van der Waals surface area (Å²) in [5.74, 6) is 4.04. The van der Waals surface area contributed by atoms with Crippen molar-refractivity contribution in [1.29, 1.82) is 0 Å². The second-order valence-electron chi connectivity index (χ2n) is 6.10. The number of hydrogen-bond donors (Lipinski definition) is 2. The monoisotopic (exact) mass is 364 g/mol. The van der Waals surface area contributed by atoms with E-state index in [-0.39, 0.29) is 13.6 Å². The van der Waals surface area contributed by atoms with Gasteiger partial charge < -0.3 is 29.6 Å². The summed E-state index contributed by atoms with van der Waals surface area (Å²) in [6.45, 7) is 2.40. The first kappa shape index (κ1) is 15.6. The van der Waals surface area contributed by atoms with Crippen LogP contribution in [0.5, 0.6) is 23.0 Å². The number of fused-ring (bicyclic) bond motifs is 2. The average molecular weight is 364 g/mol. The van der Waals surface area contributed by atoms with Crippen molar-refractivity contribution in [2.45, 2.75) is 6.92 Å². The summed E-state index contributed by atoms with van der Waals surface area (Å²) in [5.41, 5.74) is 2.50. The number of aryl methyl sites for hydroxylation is 1. The fourth-order valence-electron chi connectivity index (χ4n) is 2.91. The Bertz CT molecular complexity index is 947. The first-order valence-corrected chi connectivity index (χ1v) is 8.42. The van der Waals surface area contributed by atoms with E-state index in [1.54, 1.807) is 0 Å². The normalized spacial score (nSPS) is 13.5. The van der Waals surface area contributed by atoms with E-state index in [0.717, 1.165) is 28.6 Å². The number of hydrogen-bond acceptors (Lipinski definition) is 8. The molecular weight excluding hydrogens is 348 g/mol. The van der Waals surface area contributed by atoms with Gasteiger partial charge in [0.15, 0.2) is 23.0 Å². The van der Waals surface area contributed by atoms with Crippen molar-refractivity contribution >= 4 is 23.1 Å². The minimum absolute atomic E-state index is 0.239. The molecule has 2 N–H and O–H groups in total. The number of rotatable bonds is 4. The predicted molar refractivity (Wildman–Crippen MR) is 98.5 cm³/mol. The van der Waals surface area contributed by atoms with Crippen molar-refractivity contribution in [1.82, 2.24) is 9.97 Å². The molecule has 2 aromatic carbocycles. The summed E-state index contributed by atoms with van der Waals surface area (Å²) in [4.78, 5) is 8.98. The molecule has 2 aliphatic heterocycles. The van der Waals surface area contributed by atoms with Gasteiger partial charge in [-0.1, -0.05) is 0 Å². The number of nitrogens with one attached hydrogen (secondary N) is 2. The Morgan fingerprint density at radius 2 is 1.30 bits per heavy atom. The van der Waals surface area contributed by atoms with Gasteiger partial charge in [-0.3, -0.25) is 0 Å². The molecule has 0 unspecified atom stereocenters. The van der Waals surface area contributed by atoms with Crippen molar-refractivity contribution in [3.05, 3.63) is 48.2 Å². The molecule has 0 fully saturated rings. The van der Waals surface area contributed by atoms with Gasteiger partial charge in [0.1, 0.15) is 5.82 Å². The molecule has 0 atom stereocenters. The minimum Gasteiger partial charge on any atom is -0.454 e. The van der Waals surface area contributed by atoms with Gasteiger partial charge in [0, 0.05) is 35.3 Å². The molecule has 5 rings (SSSR count). The minimum atomic E-state index is 0.239. The van der Waals surface area contributed by atoms with Crippen LogP contribution in [0.15, 0.2) is 42.5 Å². The fraction of sp³-hybridized carbons (Fsp3) is 0.158. The largest absolute Gasteiger partial charge is 0.454 e. The van der Waals surface area contributed by atoms with Gasteiger partial charge in [-0.2, -0.15) is 4.98 Å². The fourth-order valence-corrected chi connectivity index (χ4v) is 2.91. The van der Waals surface area contributed by atoms with E-state index in [4.69, 9.17) is 18.9 Å². The summed E-state index contributed by atoms with van der Waals surface area (Å²) >= 11 is 0. The van der Waals surface area contributed by atoms with Gasteiger partial charge >= 0.3 is 0 Å². The van der Waals surface area contributed by atoms with E-state index in [9.17, 15) is 0 Å². The molecule has 0 amide bonds. The van der Waals surface area contributed by atoms with Crippen LogP contribution in [0.3, 0.4) is 0 Å². The Morgan fingerprint density at radius 3 is 1.96 bits per heavy atom. The summed E-state index contributed by atoms with van der Waals surface area (Å²) < 4.78 is 21.5. The van der Waals surface area contributed by atoms with Gasteiger partial charge in [-0.15, -0.1) is 0 Å². The maximum atomic E-state index is 5.41. The molecule has 8 nitrogen and oxygen atoms in total. The molecule has 0 saturated carbocycles. The third-order valence-corrected chi connectivity index (χ3v) is 4.13. The second-order valence-corrected chi connectivity index (χ2v) is 6.10. The number of aromatic nitrogens is 2. The lowest BCUT2D eigenvalue weighted by Crippen LogP contribution is -2.02. The number of anilines is 4. The highest BCUT2D eigenvalue weighted by atomic mass is 16.7. The molecule has 1 aromatic heterocycles. The van der Waals surface area contributed by atoms with Crippen LogP contribution in [0, 0.1) is 6.92 Å². The molecule has 136 valence electrons. The van der Waals surface area contributed by atoms with Crippen molar-refractivity contribution in [2.24, 2.45) is 0 Å². The van der Waals surface area contributed by atoms with Gasteiger partial charge in [0.05, 0.1) is 0 Å². The molecule has 0 spiro atoms. The molecule has 0 aliphatic carbocycles. The Morgan fingerprint density at radius 1 is 0.704 bits per heavy atom. The molecule has 0 saturated heterocycles. The highest BCUT2D eigenvalue weighted by molar-refractivity contribution is 5.65. The van der Waals surface area contributed by atoms with E-state index >= 15 is 0 Å². The third-order valence-electron chi connectivity index (χ3n) is 4.13. The Kier molecular flexibility index (Phi) is 3.60. The molecule has 2 aliphatic rings. The highest BCUT2D eigenvalue weighted by Gasteiger charge is 2.15. The smallest absolute Gasteiger partial charge is 0.231 e. The Labute approximate surface area is 155 Å². The van der Waals surface area contributed by atoms with Crippen LogP contribution in [0.4, 0.5) is 23.1 Å². The van der Waals surface area contributed by atoms with Crippen LogP contribution >= 0.6 is 0 Å². The standard InChI is InChI=1S/C19H16N4O4/c1-11-6-18(21-12-2-4-14-16(7-12)26-9-24-14)23-19(20-11)22-13-3-5-15-17(8-13)27-10-25-15/h2-8H,9-10H2,1H3,(H2,20,21,22,23). The SMILES string of the molecule is Cc1cc(Nc2ccc3c(c2)OCO3)nc(Nc2ccc3c(c2)OCO3)n1. The number of nitrogens with zero attached hydrogens (tertiary/aromatic N) is 2. The number of ether oxygens (including phenoxy) is 4. The lowest BCUT2D eigenvalue weighted by Gasteiger charge is -2.11. The molecular formula is C19H16N4O4. The van der Waals surface area contributed by atoms with Crippen molar-refractivity contribution in [2.75, 3.05) is 24.2 Å². The summed E-state index contributed by atoms with van der Waals surface area (Å²) in [7, 11) is 0. The molecule has 3 aromatic rings. The first-order valence-electron chi connectivity index (χ1n) is 8.42. The summed E-state index contributed by atoms with van der Waals surface area (Å²) in [6, 6.07) is 13.1. The zero-order valence-corrected chi connectivity index (χ0v) is 14.5. The van der Waals surface area contributed by atoms with Crippen LogP contribution in [0.25, 0.3) is 0 Å². The molecule has 8 heteroatoms. The van der Waals surface area contributed by atoms with Crippen LogP contribution in [0.1, 0.15) is 5.69 Å². The topological polar surface area (TPSA) is 86.8 Å². The van der Waals surface area contributed by atoms with Crippen molar-refractivity contribution in [3.63, 3.8) is 0 Å². The van der Waals surface area contributed by atoms with Gasteiger partial charge in [0.25, 0.3) is 0 Å². The quantitative estimate of drug-likeness (QED) is 0.724. The zero-order chi connectivity index (χ0) is 18.2. The number of benzene rings is 2. The Hall–Kier alpha value is -3.68. The van der Waals surface area contributed by atoms with E-state index < -0.39 is 0 Å². The van der Waals surface area contributed by atoms with E-state index in [0.29, 0.717) is 23.3 Å². The molecule has 27 heavy (non-hydrogen) atoms. The first-order chi connectivity index (χ1) is 13.2. The summed E-state index contributed by atoms with van der Waals surface area (Å²) in [6.07, 6.45) is 0. The Balaban J connectivity index is 1.38. The van der Waals surface area contributed by atoms with Crippen LogP contribution in [-0.2, 0) is 0 Å². The third kappa shape index (κ3) is 3.12. The van der Waals surface area contributed by atoms with Gasteiger partial charge in [-0.05, 0) is 31.2 Å². The maximum Gasteiger partial charge on any atom is 0.231 e. The molecule has 0 bridgehead atoms. The highest BCUT2D eigenvalue weighted by Crippen LogP contribution is 2.36. The summed E-state index contributed by atoms with van der Waals surface area (Å²) in [5, 5.41) is 6.47. The van der Waals surface area contributed by atoms with Crippen LogP contribution in [-0.4, -0.2) is 23.6 Å². The van der Waals surface area contributed by atoms with Gasteiger partial charge in [-0.25, -0.2) is 4.98 Å². The molecule has 3 heterocycles. The van der Waals surface area contributed by atoms with Crippen molar-refractivity contribution in [3.8, 4) is 23.0 Å². The predicted octanol–water partition coefficient (Wildman–Crippen LogP) is 3.73. The second kappa shape index (κ2) is 6.24. The van der Waals surface area contributed by atoms with E-state index in [2.05, 4.69) is 20.6 Å². The van der Waals surface area contributed by atoms with Crippen LogP contribution in [0.2, 0.25) is 0 Å². The maximum absolute atomic E-state index is 5.41. The van der Waals surface area contributed by atoms with Gasteiger partial charge in [0.2, 0.25) is 19.5 Å². The lowest BCUT2D eigenvalue weighted by atomic mass is 10.2. The zero-order valence-electron chi connectivity index (χ0n) is 14.5. The van der Waals surface area contributed by atoms with E-state index in [1.807, 2.05) is 49.4 Å².